The quantitative estimate of drug-likeness (QED) is 0.806. The lowest BCUT2D eigenvalue weighted by Gasteiger charge is -2.35. The van der Waals surface area contributed by atoms with Crippen molar-refractivity contribution >= 4 is 11.7 Å². The van der Waals surface area contributed by atoms with E-state index in [2.05, 4.69) is 40.9 Å². The number of nitrogens with zero attached hydrogens (tertiary/aromatic N) is 5. The highest BCUT2D eigenvalue weighted by Crippen LogP contribution is 2.25. The first-order chi connectivity index (χ1) is 13.6. The second-order valence-electron chi connectivity index (χ2n) is 7.49. The van der Waals surface area contributed by atoms with Crippen LogP contribution in [0.5, 0.6) is 0 Å². The zero-order chi connectivity index (χ0) is 19.5. The van der Waals surface area contributed by atoms with E-state index in [1.165, 1.54) is 5.56 Å². The van der Waals surface area contributed by atoms with Crippen molar-refractivity contribution in [2.75, 3.05) is 64.4 Å². The van der Waals surface area contributed by atoms with Gasteiger partial charge in [-0.25, -0.2) is 9.97 Å². The van der Waals surface area contributed by atoms with E-state index < -0.39 is 0 Å². The van der Waals surface area contributed by atoms with E-state index in [0.29, 0.717) is 37.7 Å². The molecule has 1 amide bonds. The minimum absolute atomic E-state index is 0.00677. The maximum Gasteiger partial charge on any atom is 0.259 e. The number of aryl methyl sites for hydroxylation is 1. The van der Waals surface area contributed by atoms with E-state index in [4.69, 9.17) is 9.72 Å². The lowest BCUT2D eigenvalue weighted by molar-refractivity contribution is 0.0302. The van der Waals surface area contributed by atoms with Gasteiger partial charge in [0.25, 0.3) is 5.91 Å². The molecule has 4 rings (SSSR count). The molecule has 7 heteroatoms. The number of carbonyl (C=O) groups is 1. The van der Waals surface area contributed by atoms with E-state index in [-0.39, 0.29) is 5.91 Å². The highest BCUT2D eigenvalue weighted by molar-refractivity contribution is 5.99. The fraction of sp³-hybridized carbons (Fsp3) is 0.476. The Kier molecular flexibility index (Phi) is 5.54. The number of amides is 1. The normalized spacial score (nSPS) is 18.4. The van der Waals surface area contributed by atoms with Crippen molar-refractivity contribution in [3.63, 3.8) is 0 Å². The molecule has 3 heterocycles. The molecule has 2 fully saturated rings. The topological polar surface area (TPSA) is 61.8 Å². The number of rotatable bonds is 3. The van der Waals surface area contributed by atoms with E-state index in [0.717, 1.165) is 37.6 Å². The number of ether oxygens (including phenoxy) is 1. The van der Waals surface area contributed by atoms with Crippen molar-refractivity contribution in [2.24, 2.45) is 0 Å². The van der Waals surface area contributed by atoms with Crippen LogP contribution in [0.4, 0.5) is 5.82 Å². The molecular formula is C21H27N5O2. The predicted octanol–water partition coefficient (Wildman–Crippen LogP) is 1.68. The Hall–Kier alpha value is -2.51. The molecule has 0 saturated carbocycles. The SMILES string of the molecule is Cc1ccc(-c2ncc(C(=O)N3CCOCC3)c(N3CCN(C)CC3)n2)cc1. The molecule has 0 atom stereocenters. The molecule has 0 radical (unpaired) electrons. The summed E-state index contributed by atoms with van der Waals surface area (Å²) in [6.45, 7) is 8.06. The molecule has 2 saturated heterocycles. The largest absolute Gasteiger partial charge is 0.378 e. The van der Waals surface area contributed by atoms with Gasteiger partial charge in [-0.2, -0.15) is 0 Å². The zero-order valence-electron chi connectivity index (χ0n) is 16.6. The number of likely N-dealkylation sites (N-methyl/N-ethyl adjacent to an activating group) is 1. The molecule has 7 nitrogen and oxygen atoms in total. The molecule has 0 unspecified atom stereocenters. The van der Waals surface area contributed by atoms with E-state index >= 15 is 0 Å². The van der Waals surface area contributed by atoms with Crippen molar-refractivity contribution < 1.29 is 9.53 Å². The van der Waals surface area contributed by atoms with E-state index in [1.807, 2.05) is 17.0 Å². The average molecular weight is 381 g/mol. The van der Waals surface area contributed by atoms with Gasteiger partial charge in [0.2, 0.25) is 0 Å². The van der Waals surface area contributed by atoms with Gasteiger partial charge in [0.05, 0.1) is 13.2 Å². The smallest absolute Gasteiger partial charge is 0.259 e. The van der Waals surface area contributed by atoms with Crippen LogP contribution in [0.3, 0.4) is 0 Å². The number of hydrogen-bond donors (Lipinski definition) is 0. The summed E-state index contributed by atoms with van der Waals surface area (Å²) >= 11 is 0. The maximum atomic E-state index is 13.2. The minimum atomic E-state index is -0.00677. The van der Waals surface area contributed by atoms with Crippen molar-refractivity contribution in [2.45, 2.75) is 6.92 Å². The third-order valence-corrected chi connectivity index (χ3v) is 5.41. The Labute approximate surface area is 165 Å². The van der Waals surface area contributed by atoms with Crippen LogP contribution in [0.1, 0.15) is 15.9 Å². The number of piperazine rings is 1. The van der Waals surface area contributed by atoms with Crippen LogP contribution >= 0.6 is 0 Å². The van der Waals surface area contributed by atoms with Crippen LogP contribution in [0, 0.1) is 6.92 Å². The number of carbonyl (C=O) groups excluding carboxylic acids is 1. The second-order valence-corrected chi connectivity index (χ2v) is 7.49. The fourth-order valence-electron chi connectivity index (χ4n) is 3.56. The van der Waals surface area contributed by atoms with Crippen molar-refractivity contribution in [1.29, 1.82) is 0 Å². The number of hydrogen-bond acceptors (Lipinski definition) is 6. The standard InChI is InChI=1S/C21H27N5O2/c1-16-3-5-17(6-4-16)19-22-15-18(21(27)26-11-13-28-14-12-26)20(23-19)25-9-7-24(2)8-10-25/h3-6,15H,7-14H2,1-2H3. The number of benzene rings is 1. The van der Waals surface area contributed by atoms with Gasteiger partial charge in [-0.15, -0.1) is 0 Å². The highest BCUT2D eigenvalue weighted by atomic mass is 16.5. The van der Waals surface area contributed by atoms with Gasteiger partial charge in [0.15, 0.2) is 5.82 Å². The molecular weight excluding hydrogens is 354 g/mol. The van der Waals surface area contributed by atoms with Crippen LogP contribution in [0.15, 0.2) is 30.5 Å². The predicted molar refractivity (Wildman–Crippen MR) is 109 cm³/mol. The maximum absolute atomic E-state index is 13.2. The summed E-state index contributed by atoms with van der Waals surface area (Å²) < 4.78 is 5.39. The zero-order valence-corrected chi connectivity index (χ0v) is 16.6. The minimum Gasteiger partial charge on any atom is -0.378 e. The molecule has 2 aliphatic heterocycles. The van der Waals surface area contributed by atoms with Crippen molar-refractivity contribution in [1.82, 2.24) is 19.8 Å². The Morgan fingerprint density at radius 2 is 1.68 bits per heavy atom. The number of morpholine rings is 1. The summed E-state index contributed by atoms with van der Waals surface area (Å²) in [6, 6.07) is 8.17. The third-order valence-electron chi connectivity index (χ3n) is 5.41. The van der Waals surface area contributed by atoms with Crippen LogP contribution < -0.4 is 4.90 Å². The molecule has 148 valence electrons. The van der Waals surface area contributed by atoms with E-state index in [1.54, 1.807) is 6.20 Å². The van der Waals surface area contributed by atoms with Gasteiger partial charge < -0.3 is 19.4 Å². The summed E-state index contributed by atoms with van der Waals surface area (Å²) in [6.07, 6.45) is 1.70. The summed E-state index contributed by atoms with van der Waals surface area (Å²) in [5.41, 5.74) is 2.75. The lowest BCUT2D eigenvalue weighted by Crippen LogP contribution is -2.46. The Morgan fingerprint density at radius 3 is 2.36 bits per heavy atom. The molecule has 0 N–H and O–H groups in total. The number of anilines is 1. The summed E-state index contributed by atoms with van der Waals surface area (Å²) in [4.78, 5) is 28.9. The molecule has 2 aromatic rings. The Morgan fingerprint density at radius 1 is 1.00 bits per heavy atom. The molecule has 2 aliphatic rings. The van der Waals surface area contributed by atoms with Gasteiger partial charge in [-0.05, 0) is 14.0 Å². The van der Waals surface area contributed by atoms with Crippen LogP contribution in [0.2, 0.25) is 0 Å². The summed E-state index contributed by atoms with van der Waals surface area (Å²) in [5, 5.41) is 0. The van der Waals surface area contributed by atoms with E-state index in [9.17, 15) is 4.79 Å². The Balaban J connectivity index is 1.69. The fourth-order valence-corrected chi connectivity index (χ4v) is 3.56. The van der Waals surface area contributed by atoms with Crippen LogP contribution in [-0.4, -0.2) is 85.2 Å². The first kappa shape index (κ1) is 18.8. The molecule has 0 spiro atoms. The first-order valence-electron chi connectivity index (χ1n) is 9.86. The molecule has 1 aromatic carbocycles. The third kappa shape index (κ3) is 4.00. The van der Waals surface area contributed by atoms with Gasteiger partial charge in [-0.1, -0.05) is 29.8 Å². The van der Waals surface area contributed by atoms with Gasteiger partial charge in [0.1, 0.15) is 11.4 Å². The first-order valence-corrected chi connectivity index (χ1v) is 9.86. The van der Waals surface area contributed by atoms with Gasteiger partial charge >= 0.3 is 0 Å². The van der Waals surface area contributed by atoms with Gasteiger partial charge in [-0.3, -0.25) is 4.79 Å². The Bertz CT molecular complexity index is 825. The van der Waals surface area contributed by atoms with Gasteiger partial charge in [0, 0.05) is 51.0 Å². The van der Waals surface area contributed by atoms with Crippen molar-refractivity contribution in [3.05, 3.63) is 41.6 Å². The number of aromatic nitrogens is 2. The summed E-state index contributed by atoms with van der Waals surface area (Å²) in [5.74, 6) is 1.40. The highest BCUT2D eigenvalue weighted by Gasteiger charge is 2.27. The molecule has 28 heavy (non-hydrogen) atoms. The second kappa shape index (κ2) is 8.24. The van der Waals surface area contributed by atoms with Crippen LogP contribution in [0.25, 0.3) is 11.4 Å². The molecule has 1 aromatic heterocycles. The average Bonchev–Trinajstić information content (AvgIpc) is 2.74. The van der Waals surface area contributed by atoms with Crippen molar-refractivity contribution in [3.8, 4) is 11.4 Å². The molecule has 0 aliphatic carbocycles. The molecule has 0 bridgehead atoms. The lowest BCUT2D eigenvalue weighted by atomic mass is 10.1. The van der Waals surface area contributed by atoms with Crippen LogP contribution in [-0.2, 0) is 4.74 Å². The monoisotopic (exact) mass is 381 g/mol. The summed E-state index contributed by atoms with van der Waals surface area (Å²) in [7, 11) is 2.12.